The molecule has 0 spiro atoms. The van der Waals surface area contributed by atoms with Crippen LogP contribution in [0.4, 0.5) is 5.69 Å². The number of thiophene rings is 1. The topological polar surface area (TPSA) is 61.8 Å². The van der Waals surface area contributed by atoms with Crippen molar-refractivity contribution in [2.24, 2.45) is 11.0 Å². The monoisotopic (exact) mass is 361 g/mol. The van der Waals surface area contributed by atoms with E-state index in [1.165, 1.54) is 0 Å². The Morgan fingerprint density at radius 2 is 2.12 bits per heavy atom. The van der Waals surface area contributed by atoms with Gasteiger partial charge in [-0.2, -0.15) is 5.10 Å². The Labute approximate surface area is 148 Å². The predicted molar refractivity (Wildman–Crippen MR) is 96.7 cm³/mol. The minimum Gasteiger partial charge on any atom is -0.312 e. The first-order valence-electron chi connectivity index (χ1n) is 7.47. The summed E-state index contributed by atoms with van der Waals surface area (Å²) in [4.78, 5) is 27.0. The van der Waals surface area contributed by atoms with Gasteiger partial charge in [0.1, 0.15) is 0 Å². The molecule has 0 unspecified atom stereocenters. The van der Waals surface area contributed by atoms with Gasteiger partial charge in [0.05, 0.1) is 12.1 Å². The van der Waals surface area contributed by atoms with Crippen LogP contribution in [-0.4, -0.2) is 24.6 Å². The Morgan fingerprint density at radius 3 is 2.79 bits per heavy atom. The van der Waals surface area contributed by atoms with Crippen LogP contribution >= 0.6 is 22.9 Å². The number of hydrogen-bond donors (Lipinski definition) is 1. The van der Waals surface area contributed by atoms with Crippen LogP contribution in [0.1, 0.15) is 16.9 Å². The van der Waals surface area contributed by atoms with Gasteiger partial charge in [0.2, 0.25) is 11.8 Å². The van der Waals surface area contributed by atoms with Crippen molar-refractivity contribution >= 4 is 46.7 Å². The lowest BCUT2D eigenvalue weighted by molar-refractivity contribution is -0.126. The molecule has 1 aliphatic rings. The lowest BCUT2D eigenvalue weighted by Crippen LogP contribution is -2.30. The molecule has 5 nitrogen and oxygen atoms in total. The molecule has 1 aromatic heterocycles. The third-order valence-electron chi connectivity index (χ3n) is 3.89. The molecule has 1 N–H and O–H groups in total. The van der Waals surface area contributed by atoms with E-state index in [1.54, 1.807) is 46.7 Å². The molecule has 1 aromatic carbocycles. The zero-order chi connectivity index (χ0) is 17.1. The molecule has 24 heavy (non-hydrogen) atoms. The third kappa shape index (κ3) is 3.66. The predicted octanol–water partition coefficient (Wildman–Crippen LogP) is 3.21. The zero-order valence-electron chi connectivity index (χ0n) is 13.0. The number of carbonyl (C=O) groups is 2. The van der Waals surface area contributed by atoms with E-state index < -0.39 is 5.92 Å². The number of benzene rings is 1. The molecule has 0 radical (unpaired) electrons. The van der Waals surface area contributed by atoms with Gasteiger partial charge >= 0.3 is 0 Å². The highest BCUT2D eigenvalue weighted by molar-refractivity contribution is 7.11. The van der Waals surface area contributed by atoms with E-state index >= 15 is 0 Å². The van der Waals surface area contributed by atoms with E-state index in [-0.39, 0.29) is 18.2 Å². The fourth-order valence-corrected chi connectivity index (χ4v) is 3.43. The van der Waals surface area contributed by atoms with Crippen LogP contribution < -0.4 is 10.3 Å². The quantitative estimate of drug-likeness (QED) is 0.671. The van der Waals surface area contributed by atoms with Crippen LogP contribution in [0.15, 0.2) is 40.8 Å². The summed E-state index contributed by atoms with van der Waals surface area (Å²) in [7, 11) is 0. The molecular weight excluding hydrogens is 346 g/mol. The number of hydrogen-bond acceptors (Lipinski definition) is 4. The first-order chi connectivity index (χ1) is 11.5. The minimum absolute atomic E-state index is 0.0736. The number of aryl methyl sites for hydroxylation is 1. The molecule has 2 amide bonds. The van der Waals surface area contributed by atoms with E-state index in [2.05, 4.69) is 10.5 Å². The molecule has 1 atom stereocenters. The number of nitrogens with zero attached hydrogens (tertiary/aromatic N) is 2. The van der Waals surface area contributed by atoms with Gasteiger partial charge in [-0.05, 0) is 48.2 Å². The van der Waals surface area contributed by atoms with Gasteiger partial charge in [-0.1, -0.05) is 11.6 Å². The number of anilines is 1. The lowest BCUT2D eigenvalue weighted by Gasteiger charge is -2.16. The van der Waals surface area contributed by atoms with Crippen LogP contribution in [-0.2, 0) is 9.59 Å². The minimum atomic E-state index is -0.408. The summed E-state index contributed by atoms with van der Waals surface area (Å²) in [5.41, 5.74) is 4.39. The maximum Gasteiger partial charge on any atom is 0.245 e. The summed E-state index contributed by atoms with van der Waals surface area (Å²) in [5, 5.41) is 6.57. The van der Waals surface area contributed by atoms with Crippen LogP contribution in [0.5, 0.6) is 0 Å². The van der Waals surface area contributed by atoms with Crippen molar-refractivity contribution in [3.05, 3.63) is 51.2 Å². The summed E-state index contributed by atoms with van der Waals surface area (Å²) in [6.07, 6.45) is 1.81. The average molecular weight is 362 g/mol. The summed E-state index contributed by atoms with van der Waals surface area (Å²) in [5.74, 6) is -0.726. The SMILES string of the molecule is Cc1ccsc1/C=N\NC(=O)[C@H]1CC(=O)N(c2ccc(Cl)cc2)C1. The molecule has 124 valence electrons. The van der Waals surface area contributed by atoms with Gasteiger partial charge in [-0.15, -0.1) is 11.3 Å². The average Bonchev–Trinajstić information content (AvgIpc) is 3.14. The molecule has 0 bridgehead atoms. The fraction of sp³-hybridized carbons (Fsp3) is 0.235. The maximum absolute atomic E-state index is 12.2. The second kappa shape index (κ2) is 7.15. The van der Waals surface area contributed by atoms with Gasteiger partial charge < -0.3 is 4.90 Å². The highest BCUT2D eigenvalue weighted by Crippen LogP contribution is 2.26. The Kier molecular flexibility index (Phi) is 4.97. The number of amides is 2. The maximum atomic E-state index is 12.2. The molecule has 7 heteroatoms. The van der Waals surface area contributed by atoms with Crippen molar-refractivity contribution in [1.82, 2.24) is 5.43 Å². The molecule has 1 fully saturated rings. The number of halogens is 1. The van der Waals surface area contributed by atoms with Gasteiger partial charge in [-0.25, -0.2) is 5.43 Å². The second-order valence-corrected chi connectivity index (χ2v) is 6.97. The largest absolute Gasteiger partial charge is 0.312 e. The van der Waals surface area contributed by atoms with E-state index in [9.17, 15) is 9.59 Å². The molecule has 2 aromatic rings. The fourth-order valence-electron chi connectivity index (χ4n) is 2.52. The first-order valence-corrected chi connectivity index (χ1v) is 8.73. The third-order valence-corrected chi connectivity index (χ3v) is 5.10. The van der Waals surface area contributed by atoms with Crippen LogP contribution in [0.3, 0.4) is 0 Å². The van der Waals surface area contributed by atoms with Gasteiger partial charge in [-0.3, -0.25) is 9.59 Å². The van der Waals surface area contributed by atoms with E-state index in [1.807, 2.05) is 18.4 Å². The summed E-state index contributed by atoms with van der Waals surface area (Å²) in [6.45, 7) is 2.33. The molecule has 0 saturated carbocycles. The van der Waals surface area contributed by atoms with Crippen molar-refractivity contribution in [3.63, 3.8) is 0 Å². The van der Waals surface area contributed by atoms with Crippen molar-refractivity contribution < 1.29 is 9.59 Å². The summed E-state index contributed by atoms with van der Waals surface area (Å²) >= 11 is 7.42. The van der Waals surface area contributed by atoms with Crippen molar-refractivity contribution in [1.29, 1.82) is 0 Å². The standard InChI is InChI=1S/C17H16ClN3O2S/c1-11-6-7-24-15(11)9-19-20-17(23)12-8-16(22)21(10-12)14-4-2-13(18)3-5-14/h2-7,9,12H,8,10H2,1H3,(H,20,23)/b19-9-/t12-/m0/s1. The summed E-state index contributed by atoms with van der Waals surface area (Å²) < 4.78 is 0. The Hall–Kier alpha value is -2.18. The van der Waals surface area contributed by atoms with E-state index in [4.69, 9.17) is 11.6 Å². The molecular formula is C17H16ClN3O2S. The van der Waals surface area contributed by atoms with Gasteiger partial charge in [0, 0.05) is 28.6 Å². The lowest BCUT2D eigenvalue weighted by atomic mass is 10.1. The Morgan fingerprint density at radius 1 is 1.38 bits per heavy atom. The van der Waals surface area contributed by atoms with Gasteiger partial charge in [0.25, 0.3) is 0 Å². The zero-order valence-corrected chi connectivity index (χ0v) is 14.6. The molecule has 2 heterocycles. The molecule has 3 rings (SSSR count). The van der Waals surface area contributed by atoms with Crippen LogP contribution in [0.2, 0.25) is 5.02 Å². The van der Waals surface area contributed by atoms with Crippen LogP contribution in [0, 0.1) is 12.8 Å². The number of rotatable bonds is 4. The number of carbonyl (C=O) groups excluding carboxylic acids is 2. The highest BCUT2D eigenvalue weighted by Gasteiger charge is 2.35. The van der Waals surface area contributed by atoms with E-state index in [0.29, 0.717) is 11.6 Å². The van der Waals surface area contributed by atoms with Gasteiger partial charge in [0.15, 0.2) is 0 Å². The second-order valence-electron chi connectivity index (χ2n) is 5.58. The number of hydrazone groups is 1. The summed E-state index contributed by atoms with van der Waals surface area (Å²) in [6, 6.07) is 9.00. The van der Waals surface area contributed by atoms with Crippen LogP contribution in [0.25, 0.3) is 0 Å². The normalized spacial score (nSPS) is 17.7. The van der Waals surface area contributed by atoms with Crippen molar-refractivity contribution in [2.75, 3.05) is 11.4 Å². The first kappa shape index (κ1) is 16.7. The molecule has 1 aliphatic heterocycles. The van der Waals surface area contributed by atoms with E-state index in [0.717, 1.165) is 16.1 Å². The Bertz CT molecular complexity index is 785. The smallest absolute Gasteiger partial charge is 0.245 e. The van der Waals surface area contributed by atoms with Crippen molar-refractivity contribution in [3.8, 4) is 0 Å². The number of nitrogens with one attached hydrogen (secondary N) is 1. The molecule has 1 saturated heterocycles. The Balaban J connectivity index is 1.60. The van der Waals surface area contributed by atoms with Crippen molar-refractivity contribution in [2.45, 2.75) is 13.3 Å². The molecule has 0 aliphatic carbocycles. The highest BCUT2D eigenvalue weighted by atomic mass is 35.5.